The molecule has 2 N–H and O–H groups in total. The van der Waals surface area contributed by atoms with Crippen molar-refractivity contribution in [3.05, 3.63) is 52.0 Å². The first-order chi connectivity index (χ1) is 8.65. The Labute approximate surface area is 112 Å². The molecule has 0 bridgehead atoms. The standard InChI is InChI=1S/C12H12BrF2N3/c1-2-16-11(12-17-5-6-18-12)9-8(14)4-3-7(13)10(9)15/h3-6,11,16H,2H2,1H3,(H,17,18). The summed E-state index contributed by atoms with van der Waals surface area (Å²) >= 11 is 3.06. The van der Waals surface area contributed by atoms with Gasteiger partial charge in [0.15, 0.2) is 0 Å². The summed E-state index contributed by atoms with van der Waals surface area (Å²) in [5.41, 5.74) is -0.0406. The van der Waals surface area contributed by atoms with Gasteiger partial charge in [-0.25, -0.2) is 13.8 Å². The molecule has 2 rings (SSSR count). The van der Waals surface area contributed by atoms with Crippen molar-refractivity contribution in [1.82, 2.24) is 15.3 Å². The van der Waals surface area contributed by atoms with Crippen molar-refractivity contribution in [2.75, 3.05) is 6.54 Å². The molecule has 1 aromatic heterocycles. The lowest BCUT2D eigenvalue weighted by Crippen LogP contribution is -2.25. The Bertz CT molecular complexity index is 528. The van der Waals surface area contributed by atoms with Crippen molar-refractivity contribution in [1.29, 1.82) is 0 Å². The van der Waals surface area contributed by atoms with Crippen LogP contribution in [0.4, 0.5) is 8.78 Å². The maximum atomic E-state index is 14.1. The van der Waals surface area contributed by atoms with E-state index in [1.54, 1.807) is 12.4 Å². The maximum Gasteiger partial charge on any atom is 0.145 e. The highest BCUT2D eigenvalue weighted by molar-refractivity contribution is 9.10. The van der Waals surface area contributed by atoms with Gasteiger partial charge in [-0.2, -0.15) is 0 Å². The molecule has 1 heterocycles. The molecule has 0 amide bonds. The first kappa shape index (κ1) is 13.2. The van der Waals surface area contributed by atoms with Crippen molar-refractivity contribution in [2.45, 2.75) is 13.0 Å². The Morgan fingerprint density at radius 1 is 1.44 bits per heavy atom. The zero-order valence-electron chi connectivity index (χ0n) is 9.67. The van der Waals surface area contributed by atoms with E-state index in [-0.39, 0.29) is 10.0 Å². The van der Waals surface area contributed by atoms with Crippen molar-refractivity contribution < 1.29 is 8.78 Å². The molecule has 96 valence electrons. The second-order valence-electron chi connectivity index (χ2n) is 3.72. The number of benzene rings is 1. The fourth-order valence-corrected chi connectivity index (χ4v) is 2.13. The third kappa shape index (κ3) is 2.44. The van der Waals surface area contributed by atoms with E-state index in [1.807, 2.05) is 6.92 Å². The van der Waals surface area contributed by atoms with Crippen LogP contribution >= 0.6 is 15.9 Å². The summed E-state index contributed by atoms with van der Waals surface area (Å²) < 4.78 is 28.1. The van der Waals surface area contributed by atoms with Crippen LogP contribution in [-0.2, 0) is 0 Å². The summed E-state index contributed by atoms with van der Waals surface area (Å²) in [5.74, 6) is -0.733. The highest BCUT2D eigenvalue weighted by Crippen LogP contribution is 2.29. The number of halogens is 3. The van der Waals surface area contributed by atoms with Crippen LogP contribution in [-0.4, -0.2) is 16.5 Å². The van der Waals surface area contributed by atoms with E-state index in [9.17, 15) is 8.78 Å². The number of nitrogens with zero attached hydrogens (tertiary/aromatic N) is 1. The molecule has 0 saturated carbocycles. The fourth-order valence-electron chi connectivity index (χ4n) is 1.78. The first-order valence-corrected chi connectivity index (χ1v) is 6.30. The quantitative estimate of drug-likeness (QED) is 0.851. The van der Waals surface area contributed by atoms with Crippen LogP contribution in [0, 0.1) is 11.6 Å². The molecule has 0 radical (unpaired) electrons. The number of hydrogen-bond acceptors (Lipinski definition) is 2. The zero-order valence-corrected chi connectivity index (χ0v) is 11.3. The molecule has 0 fully saturated rings. The largest absolute Gasteiger partial charge is 0.347 e. The minimum absolute atomic E-state index is 0.0406. The van der Waals surface area contributed by atoms with E-state index < -0.39 is 17.7 Å². The summed E-state index contributed by atoms with van der Waals surface area (Å²) in [4.78, 5) is 6.93. The Morgan fingerprint density at radius 2 is 2.22 bits per heavy atom. The predicted octanol–water partition coefficient (Wildman–Crippen LogP) is 3.15. The summed E-state index contributed by atoms with van der Waals surface area (Å²) in [6.07, 6.45) is 3.17. The van der Waals surface area contributed by atoms with E-state index in [1.165, 1.54) is 12.1 Å². The van der Waals surface area contributed by atoms with Crippen LogP contribution in [0.5, 0.6) is 0 Å². The molecule has 0 aliphatic rings. The highest BCUT2D eigenvalue weighted by Gasteiger charge is 2.24. The van der Waals surface area contributed by atoms with Crippen molar-refractivity contribution in [3.8, 4) is 0 Å². The fraction of sp³-hybridized carbons (Fsp3) is 0.250. The lowest BCUT2D eigenvalue weighted by atomic mass is 10.0. The number of rotatable bonds is 4. The average Bonchev–Trinajstić information content (AvgIpc) is 2.87. The van der Waals surface area contributed by atoms with Gasteiger partial charge in [-0.1, -0.05) is 6.92 Å². The third-order valence-electron chi connectivity index (χ3n) is 2.57. The third-order valence-corrected chi connectivity index (χ3v) is 3.18. The number of aromatic nitrogens is 2. The number of imidazole rings is 1. The summed E-state index contributed by atoms with van der Waals surface area (Å²) in [6, 6.07) is 1.94. The maximum absolute atomic E-state index is 14.1. The van der Waals surface area contributed by atoms with E-state index in [2.05, 4.69) is 31.2 Å². The van der Waals surface area contributed by atoms with E-state index >= 15 is 0 Å². The molecule has 2 aromatic rings. The van der Waals surface area contributed by atoms with Crippen molar-refractivity contribution in [2.24, 2.45) is 0 Å². The van der Waals surface area contributed by atoms with Crippen LogP contribution in [0.3, 0.4) is 0 Å². The lowest BCUT2D eigenvalue weighted by molar-refractivity contribution is 0.498. The molecule has 1 unspecified atom stereocenters. The smallest absolute Gasteiger partial charge is 0.145 e. The van der Waals surface area contributed by atoms with Crippen molar-refractivity contribution in [3.63, 3.8) is 0 Å². The average molecular weight is 316 g/mol. The first-order valence-electron chi connectivity index (χ1n) is 5.51. The van der Waals surface area contributed by atoms with Gasteiger partial charge >= 0.3 is 0 Å². The zero-order chi connectivity index (χ0) is 13.1. The second-order valence-corrected chi connectivity index (χ2v) is 4.58. The van der Waals surface area contributed by atoms with Gasteiger partial charge in [0.05, 0.1) is 10.5 Å². The minimum Gasteiger partial charge on any atom is -0.347 e. The molecule has 0 saturated heterocycles. The summed E-state index contributed by atoms with van der Waals surface area (Å²) in [5, 5.41) is 3.02. The molecule has 1 aromatic carbocycles. The number of aromatic amines is 1. The van der Waals surface area contributed by atoms with Gasteiger partial charge in [-0.15, -0.1) is 0 Å². The molecule has 18 heavy (non-hydrogen) atoms. The molecule has 1 atom stereocenters. The van der Waals surface area contributed by atoms with E-state index in [4.69, 9.17) is 0 Å². The molecule has 0 aliphatic heterocycles. The normalized spacial score (nSPS) is 12.7. The molecule has 3 nitrogen and oxygen atoms in total. The molecule has 0 aliphatic carbocycles. The number of nitrogens with one attached hydrogen (secondary N) is 2. The van der Waals surface area contributed by atoms with Crippen molar-refractivity contribution >= 4 is 15.9 Å². The van der Waals surface area contributed by atoms with Gasteiger partial charge in [-0.3, -0.25) is 0 Å². The minimum atomic E-state index is -0.637. The second kappa shape index (κ2) is 5.58. The van der Waals surface area contributed by atoms with Crippen LogP contribution < -0.4 is 5.32 Å². The Kier molecular flexibility index (Phi) is 4.08. The van der Waals surface area contributed by atoms with Gasteiger partial charge in [0.1, 0.15) is 17.5 Å². The Morgan fingerprint density at radius 3 is 2.83 bits per heavy atom. The van der Waals surface area contributed by atoms with Crippen LogP contribution in [0.15, 0.2) is 29.0 Å². The van der Waals surface area contributed by atoms with Gasteiger partial charge in [0, 0.05) is 18.0 Å². The number of H-pyrrole nitrogens is 1. The van der Waals surface area contributed by atoms with E-state index in [0.29, 0.717) is 12.4 Å². The van der Waals surface area contributed by atoms with Gasteiger partial charge in [0.2, 0.25) is 0 Å². The topological polar surface area (TPSA) is 40.7 Å². The Hall–Kier alpha value is -1.27. The molecular weight excluding hydrogens is 304 g/mol. The molecule has 6 heteroatoms. The van der Waals surface area contributed by atoms with Gasteiger partial charge < -0.3 is 10.3 Å². The summed E-state index contributed by atoms with van der Waals surface area (Å²) in [7, 11) is 0. The lowest BCUT2D eigenvalue weighted by Gasteiger charge is -2.18. The molecular formula is C12H12BrF2N3. The number of hydrogen-bond donors (Lipinski definition) is 2. The van der Waals surface area contributed by atoms with Crippen LogP contribution in [0.1, 0.15) is 24.4 Å². The van der Waals surface area contributed by atoms with E-state index in [0.717, 1.165) is 0 Å². The molecule has 0 spiro atoms. The monoisotopic (exact) mass is 315 g/mol. The highest BCUT2D eigenvalue weighted by atomic mass is 79.9. The van der Waals surface area contributed by atoms with Crippen LogP contribution in [0.2, 0.25) is 0 Å². The SMILES string of the molecule is CCNC(c1ncc[nH]1)c1c(F)ccc(Br)c1F. The van der Waals surface area contributed by atoms with Gasteiger partial charge in [-0.05, 0) is 34.6 Å². The summed E-state index contributed by atoms with van der Waals surface area (Å²) in [6.45, 7) is 2.43. The Balaban J connectivity index is 2.52. The predicted molar refractivity (Wildman–Crippen MR) is 68.2 cm³/mol. The van der Waals surface area contributed by atoms with Gasteiger partial charge in [0.25, 0.3) is 0 Å². The van der Waals surface area contributed by atoms with Crippen LogP contribution in [0.25, 0.3) is 0 Å².